The maximum atomic E-state index is 12.0. The van der Waals surface area contributed by atoms with Crippen molar-refractivity contribution in [2.75, 3.05) is 26.3 Å². The fourth-order valence-corrected chi connectivity index (χ4v) is 2.41. The standard InChI is InChI=1S/C10H22NO3P/c1-5-11(6-2)9-10-15(12,13-7-3)14-8-4/h9-10H,5-8H2,1-4H3/b10-9-. The summed E-state index contributed by atoms with van der Waals surface area (Å²) >= 11 is 0. The molecule has 0 aromatic heterocycles. The van der Waals surface area contributed by atoms with Gasteiger partial charge in [0.2, 0.25) is 0 Å². The molecule has 0 saturated heterocycles. The molecule has 0 bridgehead atoms. The highest BCUT2D eigenvalue weighted by Gasteiger charge is 2.18. The Balaban J connectivity index is 4.44. The van der Waals surface area contributed by atoms with Gasteiger partial charge in [0.15, 0.2) is 0 Å². The van der Waals surface area contributed by atoms with Gasteiger partial charge in [-0.3, -0.25) is 4.57 Å². The van der Waals surface area contributed by atoms with Gasteiger partial charge in [-0.25, -0.2) is 0 Å². The van der Waals surface area contributed by atoms with Crippen molar-refractivity contribution in [1.82, 2.24) is 4.90 Å². The van der Waals surface area contributed by atoms with Gasteiger partial charge in [-0.2, -0.15) is 0 Å². The van der Waals surface area contributed by atoms with Gasteiger partial charge in [-0.15, -0.1) is 0 Å². The van der Waals surface area contributed by atoms with E-state index in [0.717, 1.165) is 13.1 Å². The molecule has 0 aromatic rings. The Labute approximate surface area is 92.8 Å². The summed E-state index contributed by atoms with van der Waals surface area (Å²) < 4.78 is 22.2. The SMILES string of the molecule is CCOP(=O)(/C=C\N(CC)CC)OCC. The zero-order chi connectivity index (χ0) is 11.7. The molecule has 0 radical (unpaired) electrons. The summed E-state index contributed by atoms with van der Waals surface area (Å²) in [6, 6.07) is 0. The van der Waals surface area contributed by atoms with E-state index in [-0.39, 0.29) is 0 Å². The summed E-state index contributed by atoms with van der Waals surface area (Å²) in [5, 5.41) is 0. The molecule has 0 aromatic carbocycles. The maximum Gasteiger partial charge on any atom is 0.355 e. The highest BCUT2D eigenvalue weighted by Crippen LogP contribution is 2.49. The smallest absolute Gasteiger partial charge is 0.355 e. The van der Waals surface area contributed by atoms with Crippen molar-refractivity contribution in [3.63, 3.8) is 0 Å². The van der Waals surface area contributed by atoms with E-state index in [2.05, 4.69) is 0 Å². The molecule has 0 atom stereocenters. The Bertz CT molecular complexity index is 217. The van der Waals surface area contributed by atoms with Crippen LogP contribution in [0.25, 0.3) is 0 Å². The molecule has 90 valence electrons. The molecule has 4 nitrogen and oxygen atoms in total. The summed E-state index contributed by atoms with van der Waals surface area (Å²) in [4.78, 5) is 2.03. The monoisotopic (exact) mass is 235 g/mol. The maximum absolute atomic E-state index is 12.0. The third-order valence-corrected chi connectivity index (χ3v) is 3.63. The van der Waals surface area contributed by atoms with Crippen molar-refractivity contribution >= 4 is 7.60 Å². The molecular weight excluding hydrogens is 213 g/mol. The van der Waals surface area contributed by atoms with E-state index >= 15 is 0 Å². The summed E-state index contributed by atoms with van der Waals surface area (Å²) in [6.45, 7) is 10.2. The Morgan fingerprint density at radius 1 is 1.07 bits per heavy atom. The molecule has 0 amide bonds. The molecule has 0 rings (SSSR count). The van der Waals surface area contributed by atoms with E-state index in [1.165, 1.54) is 5.82 Å². The Kier molecular flexibility index (Phi) is 7.75. The van der Waals surface area contributed by atoms with Crippen molar-refractivity contribution in [2.45, 2.75) is 27.7 Å². The largest absolute Gasteiger partial charge is 0.378 e. The van der Waals surface area contributed by atoms with E-state index in [1.54, 1.807) is 20.0 Å². The molecule has 0 saturated carbocycles. The predicted molar refractivity (Wildman–Crippen MR) is 62.9 cm³/mol. The van der Waals surface area contributed by atoms with Crippen molar-refractivity contribution in [3.05, 3.63) is 12.0 Å². The van der Waals surface area contributed by atoms with Crippen LogP contribution in [0, 0.1) is 0 Å². The molecular formula is C10H22NO3P. The van der Waals surface area contributed by atoms with Crippen molar-refractivity contribution in [2.24, 2.45) is 0 Å². The van der Waals surface area contributed by atoms with Crippen LogP contribution < -0.4 is 0 Å². The van der Waals surface area contributed by atoms with Gasteiger partial charge in [0, 0.05) is 25.1 Å². The van der Waals surface area contributed by atoms with Gasteiger partial charge in [-0.1, -0.05) is 0 Å². The quantitative estimate of drug-likeness (QED) is 0.606. The minimum Gasteiger partial charge on any atom is -0.378 e. The average molecular weight is 235 g/mol. The Hall–Kier alpha value is -0.310. The second-order valence-electron chi connectivity index (χ2n) is 2.89. The molecule has 0 heterocycles. The first-order chi connectivity index (χ1) is 7.11. The molecule has 0 aliphatic carbocycles. The molecule has 0 aliphatic rings. The van der Waals surface area contributed by atoms with E-state index in [1.807, 2.05) is 18.7 Å². The van der Waals surface area contributed by atoms with Gasteiger partial charge >= 0.3 is 7.60 Å². The van der Waals surface area contributed by atoms with Crippen LogP contribution in [-0.4, -0.2) is 31.2 Å². The highest BCUT2D eigenvalue weighted by atomic mass is 31.2. The molecule has 5 heteroatoms. The first kappa shape index (κ1) is 14.7. The normalized spacial score (nSPS) is 12.3. The highest BCUT2D eigenvalue weighted by molar-refractivity contribution is 7.57. The van der Waals surface area contributed by atoms with Gasteiger partial charge in [-0.05, 0) is 27.7 Å². The van der Waals surface area contributed by atoms with Crippen LogP contribution in [0.15, 0.2) is 12.0 Å². The van der Waals surface area contributed by atoms with Gasteiger partial charge in [0.1, 0.15) is 0 Å². The zero-order valence-electron chi connectivity index (χ0n) is 10.1. The van der Waals surface area contributed by atoms with Crippen molar-refractivity contribution in [3.8, 4) is 0 Å². The van der Waals surface area contributed by atoms with Crippen LogP contribution >= 0.6 is 7.60 Å². The number of hydrogen-bond donors (Lipinski definition) is 0. The van der Waals surface area contributed by atoms with E-state index in [0.29, 0.717) is 13.2 Å². The summed E-state index contributed by atoms with van der Waals surface area (Å²) in [7, 11) is -3.02. The second-order valence-corrected chi connectivity index (χ2v) is 4.79. The minimum atomic E-state index is -3.02. The van der Waals surface area contributed by atoms with Gasteiger partial charge in [0.05, 0.1) is 13.2 Å². The minimum absolute atomic E-state index is 0.389. The van der Waals surface area contributed by atoms with Gasteiger partial charge < -0.3 is 13.9 Å². The molecule has 0 N–H and O–H groups in total. The summed E-state index contributed by atoms with van der Waals surface area (Å²) in [5.74, 6) is 1.53. The lowest BCUT2D eigenvalue weighted by atomic mass is 10.5. The van der Waals surface area contributed by atoms with Crippen LogP contribution in [0.3, 0.4) is 0 Å². The number of hydrogen-bond acceptors (Lipinski definition) is 4. The van der Waals surface area contributed by atoms with Crippen LogP contribution in [0.1, 0.15) is 27.7 Å². The lowest BCUT2D eigenvalue weighted by Gasteiger charge is -2.17. The Morgan fingerprint density at radius 2 is 1.53 bits per heavy atom. The number of rotatable bonds is 8. The summed E-state index contributed by atoms with van der Waals surface area (Å²) in [6.07, 6.45) is 1.78. The second kappa shape index (κ2) is 7.91. The van der Waals surface area contributed by atoms with Crippen molar-refractivity contribution < 1.29 is 13.6 Å². The van der Waals surface area contributed by atoms with Crippen LogP contribution in [0.4, 0.5) is 0 Å². The number of nitrogens with zero attached hydrogens (tertiary/aromatic N) is 1. The van der Waals surface area contributed by atoms with Crippen LogP contribution in [0.2, 0.25) is 0 Å². The first-order valence-corrected chi connectivity index (χ1v) is 7.05. The Morgan fingerprint density at radius 3 is 1.87 bits per heavy atom. The fraction of sp³-hybridized carbons (Fsp3) is 0.800. The lowest BCUT2D eigenvalue weighted by Crippen LogP contribution is -2.15. The zero-order valence-corrected chi connectivity index (χ0v) is 11.0. The van der Waals surface area contributed by atoms with E-state index in [4.69, 9.17) is 9.05 Å². The van der Waals surface area contributed by atoms with Crippen molar-refractivity contribution in [1.29, 1.82) is 0 Å². The summed E-state index contributed by atoms with van der Waals surface area (Å²) in [5.41, 5.74) is 0. The van der Waals surface area contributed by atoms with Crippen LogP contribution in [-0.2, 0) is 13.6 Å². The molecule has 0 fully saturated rings. The van der Waals surface area contributed by atoms with E-state index < -0.39 is 7.60 Å². The lowest BCUT2D eigenvalue weighted by molar-refractivity contribution is 0.228. The molecule has 0 unspecified atom stereocenters. The van der Waals surface area contributed by atoms with E-state index in [9.17, 15) is 4.57 Å². The van der Waals surface area contributed by atoms with Crippen LogP contribution in [0.5, 0.6) is 0 Å². The topological polar surface area (TPSA) is 38.8 Å². The molecule has 0 aliphatic heterocycles. The first-order valence-electron chi connectivity index (χ1n) is 5.44. The predicted octanol–water partition coefficient (Wildman–Crippen LogP) is 3.07. The third kappa shape index (κ3) is 5.98. The molecule has 15 heavy (non-hydrogen) atoms. The third-order valence-electron chi connectivity index (χ3n) is 1.89. The fourth-order valence-electron chi connectivity index (χ4n) is 1.09. The average Bonchev–Trinajstić information content (AvgIpc) is 2.20. The molecule has 0 spiro atoms. The van der Waals surface area contributed by atoms with Gasteiger partial charge in [0.25, 0.3) is 0 Å².